The average Bonchev–Trinajstić information content (AvgIpc) is 2.90. The molecule has 0 atom stereocenters. The molecule has 1 aromatic heterocycles. The molecule has 124 valence electrons. The van der Waals surface area contributed by atoms with E-state index < -0.39 is 0 Å². The molecule has 3 nitrogen and oxygen atoms in total. The third kappa shape index (κ3) is 4.82. The molecule has 0 unspecified atom stereocenters. The quantitative estimate of drug-likeness (QED) is 0.708. The van der Waals surface area contributed by atoms with Gasteiger partial charge in [-0.05, 0) is 29.9 Å². The van der Waals surface area contributed by atoms with Crippen molar-refractivity contribution in [3.05, 3.63) is 40.4 Å². The summed E-state index contributed by atoms with van der Waals surface area (Å²) < 4.78 is 0.943. The third-order valence-corrected chi connectivity index (χ3v) is 5.70. The number of para-hydroxylation sites is 1. The Bertz CT molecular complexity index is 651. The third-order valence-electron chi connectivity index (χ3n) is 3.56. The summed E-state index contributed by atoms with van der Waals surface area (Å²) in [6.07, 6.45) is 0. The zero-order valence-electron chi connectivity index (χ0n) is 14.3. The molecule has 2 aromatic rings. The highest BCUT2D eigenvalue weighted by molar-refractivity contribution is 8.01. The smallest absolute Gasteiger partial charge is 0.234 e. The van der Waals surface area contributed by atoms with Crippen LogP contribution in [0.25, 0.3) is 0 Å². The topological polar surface area (TPSA) is 42.0 Å². The molecule has 0 spiro atoms. The van der Waals surface area contributed by atoms with E-state index in [9.17, 15) is 4.79 Å². The van der Waals surface area contributed by atoms with Crippen LogP contribution in [-0.2, 0) is 4.79 Å². The summed E-state index contributed by atoms with van der Waals surface area (Å²) in [4.78, 5) is 16.8. The van der Waals surface area contributed by atoms with Crippen molar-refractivity contribution < 1.29 is 4.79 Å². The van der Waals surface area contributed by atoms with E-state index >= 15 is 0 Å². The van der Waals surface area contributed by atoms with Crippen LogP contribution in [0, 0.1) is 6.92 Å². The Labute approximate surface area is 146 Å². The predicted molar refractivity (Wildman–Crippen MR) is 101 cm³/mol. The van der Waals surface area contributed by atoms with Crippen LogP contribution in [0.1, 0.15) is 56.4 Å². The van der Waals surface area contributed by atoms with E-state index in [1.54, 1.807) is 11.3 Å². The first-order valence-electron chi connectivity index (χ1n) is 7.86. The molecule has 1 aromatic carbocycles. The van der Waals surface area contributed by atoms with Gasteiger partial charge in [0.15, 0.2) is 4.34 Å². The molecule has 1 heterocycles. The lowest BCUT2D eigenvalue weighted by Crippen LogP contribution is -2.17. The molecule has 1 amide bonds. The second kappa shape index (κ2) is 7.97. The Morgan fingerprint density at radius 1 is 1.22 bits per heavy atom. The monoisotopic (exact) mass is 348 g/mol. The second-order valence-corrected chi connectivity index (χ2v) is 8.29. The van der Waals surface area contributed by atoms with Crippen molar-refractivity contribution >= 4 is 34.7 Å². The number of anilines is 1. The summed E-state index contributed by atoms with van der Waals surface area (Å²) in [6, 6.07) is 6.28. The van der Waals surface area contributed by atoms with Gasteiger partial charge in [0.2, 0.25) is 5.91 Å². The fraction of sp³-hybridized carbons (Fsp3) is 0.444. The summed E-state index contributed by atoms with van der Waals surface area (Å²) in [5.41, 5.74) is 4.38. The molecule has 0 bridgehead atoms. The average molecular weight is 349 g/mol. The molecule has 0 fully saturated rings. The number of thiazole rings is 1. The number of benzene rings is 1. The SMILES string of the molecule is Cc1csc(SCC(=O)Nc2c(C(C)C)cccc2C(C)C)n1. The Morgan fingerprint density at radius 2 is 1.83 bits per heavy atom. The number of rotatable bonds is 6. The van der Waals surface area contributed by atoms with Crippen LogP contribution in [-0.4, -0.2) is 16.6 Å². The standard InChI is InChI=1S/C18H24N2OS2/c1-11(2)14-7-6-8-15(12(3)4)17(14)20-16(21)10-23-18-19-13(5)9-22-18/h6-9,11-12H,10H2,1-5H3,(H,20,21). The maximum Gasteiger partial charge on any atom is 0.234 e. The van der Waals surface area contributed by atoms with Crippen LogP contribution in [0.2, 0.25) is 0 Å². The minimum atomic E-state index is 0.0258. The highest BCUT2D eigenvalue weighted by Crippen LogP contribution is 2.32. The number of nitrogens with one attached hydrogen (secondary N) is 1. The van der Waals surface area contributed by atoms with Gasteiger partial charge >= 0.3 is 0 Å². The molecular formula is C18H24N2OS2. The van der Waals surface area contributed by atoms with Gasteiger partial charge in [-0.3, -0.25) is 4.79 Å². The molecule has 2 rings (SSSR count). The van der Waals surface area contributed by atoms with Crippen molar-refractivity contribution in [2.75, 3.05) is 11.1 Å². The van der Waals surface area contributed by atoms with Crippen molar-refractivity contribution in [3.8, 4) is 0 Å². The number of carbonyl (C=O) groups is 1. The lowest BCUT2D eigenvalue weighted by molar-refractivity contribution is -0.113. The predicted octanol–water partition coefficient (Wildman–Crippen LogP) is 5.43. The lowest BCUT2D eigenvalue weighted by atomic mass is 9.92. The van der Waals surface area contributed by atoms with Crippen LogP contribution in [0.15, 0.2) is 27.9 Å². The van der Waals surface area contributed by atoms with Crippen molar-refractivity contribution in [1.82, 2.24) is 4.98 Å². The molecule has 23 heavy (non-hydrogen) atoms. The van der Waals surface area contributed by atoms with Gasteiger partial charge in [0.05, 0.1) is 5.75 Å². The molecular weight excluding hydrogens is 324 g/mol. The summed E-state index contributed by atoms with van der Waals surface area (Å²) in [5, 5.41) is 5.14. The first kappa shape index (κ1) is 18.0. The Hall–Kier alpha value is -1.33. The summed E-state index contributed by atoms with van der Waals surface area (Å²) in [7, 11) is 0. The minimum absolute atomic E-state index is 0.0258. The Balaban J connectivity index is 2.12. The lowest BCUT2D eigenvalue weighted by Gasteiger charge is -2.20. The van der Waals surface area contributed by atoms with E-state index in [4.69, 9.17) is 0 Å². The fourth-order valence-corrected chi connectivity index (χ4v) is 4.05. The van der Waals surface area contributed by atoms with Gasteiger partial charge in [0, 0.05) is 16.8 Å². The molecule has 0 aliphatic heterocycles. The molecule has 0 aliphatic rings. The second-order valence-electron chi connectivity index (χ2n) is 6.21. The van der Waals surface area contributed by atoms with Crippen molar-refractivity contribution in [2.24, 2.45) is 0 Å². The van der Waals surface area contributed by atoms with Crippen molar-refractivity contribution in [2.45, 2.75) is 50.8 Å². The van der Waals surface area contributed by atoms with Crippen LogP contribution in [0.5, 0.6) is 0 Å². The van der Waals surface area contributed by atoms with Gasteiger partial charge in [-0.1, -0.05) is 57.7 Å². The molecule has 0 aliphatic carbocycles. The van der Waals surface area contributed by atoms with E-state index in [1.807, 2.05) is 12.3 Å². The summed E-state index contributed by atoms with van der Waals surface area (Å²) in [5.74, 6) is 1.16. The number of carbonyl (C=O) groups excluding carboxylic acids is 1. The number of thioether (sulfide) groups is 1. The fourth-order valence-electron chi connectivity index (χ4n) is 2.40. The van der Waals surface area contributed by atoms with Gasteiger partial charge in [0.1, 0.15) is 0 Å². The first-order chi connectivity index (χ1) is 10.9. The van der Waals surface area contributed by atoms with Gasteiger partial charge in [-0.25, -0.2) is 4.98 Å². The highest BCUT2D eigenvalue weighted by atomic mass is 32.2. The van der Waals surface area contributed by atoms with E-state index in [1.165, 1.54) is 22.9 Å². The van der Waals surface area contributed by atoms with Crippen LogP contribution in [0.3, 0.4) is 0 Å². The van der Waals surface area contributed by atoms with Gasteiger partial charge in [-0.15, -0.1) is 11.3 Å². The van der Waals surface area contributed by atoms with E-state index in [2.05, 4.69) is 56.2 Å². The van der Waals surface area contributed by atoms with Crippen LogP contribution < -0.4 is 5.32 Å². The Kier molecular flexibility index (Phi) is 6.25. The first-order valence-corrected chi connectivity index (χ1v) is 9.72. The summed E-state index contributed by atoms with van der Waals surface area (Å²) >= 11 is 3.08. The Morgan fingerprint density at radius 3 is 2.30 bits per heavy atom. The zero-order chi connectivity index (χ0) is 17.0. The molecule has 0 saturated heterocycles. The number of hydrogen-bond acceptors (Lipinski definition) is 4. The van der Waals surface area contributed by atoms with Gasteiger partial charge in [-0.2, -0.15) is 0 Å². The maximum absolute atomic E-state index is 12.4. The van der Waals surface area contributed by atoms with Crippen LogP contribution in [0.4, 0.5) is 5.69 Å². The van der Waals surface area contributed by atoms with Gasteiger partial charge < -0.3 is 5.32 Å². The molecule has 0 saturated carbocycles. The zero-order valence-corrected chi connectivity index (χ0v) is 16.0. The van der Waals surface area contributed by atoms with Gasteiger partial charge in [0.25, 0.3) is 0 Å². The number of hydrogen-bond donors (Lipinski definition) is 1. The molecule has 0 radical (unpaired) electrons. The largest absolute Gasteiger partial charge is 0.325 e. The normalized spacial score (nSPS) is 11.3. The summed E-state index contributed by atoms with van der Waals surface area (Å²) in [6.45, 7) is 10.6. The number of aromatic nitrogens is 1. The number of nitrogens with zero attached hydrogens (tertiary/aromatic N) is 1. The van der Waals surface area contributed by atoms with E-state index in [-0.39, 0.29) is 5.91 Å². The molecule has 5 heteroatoms. The molecule has 1 N–H and O–H groups in total. The van der Waals surface area contributed by atoms with Crippen LogP contribution >= 0.6 is 23.1 Å². The maximum atomic E-state index is 12.4. The number of aryl methyl sites for hydroxylation is 1. The van der Waals surface area contributed by atoms with Crippen molar-refractivity contribution in [3.63, 3.8) is 0 Å². The highest BCUT2D eigenvalue weighted by Gasteiger charge is 2.16. The number of amides is 1. The van der Waals surface area contributed by atoms with E-state index in [0.29, 0.717) is 17.6 Å². The minimum Gasteiger partial charge on any atom is -0.325 e. The van der Waals surface area contributed by atoms with Crippen molar-refractivity contribution in [1.29, 1.82) is 0 Å². The van der Waals surface area contributed by atoms with E-state index in [0.717, 1.165) is 15.7 Å².